The SMILES string of the molecule is CCc1cccc(C)c1NC(=O)/C(C#N)=C\Nc1cccc(C(=O)O)c1. The molecule has 0 aliphatic rings. The zero-order valence-corrected chi connectivity index (χ0v) is 14.5. The van der Waals surface area contributed by atoms with Crippen LogP contribution in [0.2, 0.25) is 0 Å². The fourth-order valence-electron chi connectivity index (χ4n) is 2.43. The van der Waals surface area contributed by atoms with E-state index in [1.807, 2.05) is 38.1 Å². The number of aryl methyl sites for hydroxylation is 2. The molecule has 0 heterocycles. The van der Waals surface area contributed by atoms with Crippen molar-refractivity contribution in [3.8, 4) is 6.07 Å². The summed E-state index contributed by atoms with van der Waals surface area (Å²) in [5, 5.41) is 23.9. The van der Waals surface area contributed by atoms with Gasteiger partial charge in [-0.25, -0.2) is 4.79 Å². The molecule has 6 nitrogen and oxygen atoms in total. The van der Waals surface area contributed by atoms with Crippen molar-refractivity contribution in [3.63, 3.8) is 0 Å². The number of hydrogen-bond acceptors (Lipinski definition) is 4. The molecule has 2 aromatic carbocycles. The first-order chi connectivity index (χ1) is 12.5. The summed E-state index contributed by atoms with van der Waals surface area (Å²) in [7, 11) is 0. The van der Waals surface area contributed by atoms with Crippen molar-refractivity contribution in [2.75, 3.05) is 10.6 Å². The quantitative estimate of drug-likeness (QED) is 0.545. The molecule has 26 heavy (non-hydrogen) atoms. The second-order valence-electron chi connectivity index (χ2n) is 5.62. The number of amides is 1. The molecule has 2 aromatic rings. The highest BCUT2D eigenvalue weighted by molar-refractivity contribution is 6.07. The standard InChI is InChI=1S/C20H19N3O3/c1-3-14-7-4-6-13(2)18(14)23-19(24)16(11-21)12-22-17-9-5-8-15(10-17)20(25)26/h4-10,12,22H,3H2,1-2H3,(H,23,24)(H,25,26)/b16-12-. The summed E-state index contributed by atoms with van der Waals surface area (Å²) in [5.74, 6) is -1.58. The molecule has 0 saturated carbocycles. The van der Waals surface area contributed by atoms with Crippen molar-refractivity contribution in [2.24, 2.45) is 0 Å². The summed E-state index contributed by atoms with van der Waals surface area (Å²) >= 11 is 0. The number of anilines is 2. The molecule has 3 N–H and O–H groups in total. The molecule has 0 bridgehead atoms. The van der Waals surface area contributed by atoms with E-state index in [2.05, 4.69) is 10.6 Å². The zero-order valence-electron chi connectivity index (χ0n) is 14.5. The predicted molar refractivity (Wildman–Crippen MR) is 99.9 cm³/mol. The number of carboxylic acid groups (broad SMARTS) is 1. The lowest BCUT2D eigenvalue weighted by Gasteiger charge is -2.12. The van der Waals surface area contributed by atoms with Gasteiger partial charge in [0.25, 0.3) is 5.91 Å². The van der Waals surface area contributed by atoms with Crippen LogP contribution < -0.4 is 10.6 Å². The third kappa shape index (κ3) is 4.48. The predicted octanol–water partition coefficient (Wildman–Crippen LogP) is 3.71. The van der Waals surface area contributed by atoms with Gasteiger partial charge in [0, 0.05) is 17.6 Å². The van der Waals surface area contributed by atoms with E-state index in [1.165, 1.54) is 18.3 Å². The van der Waals surface area contributed by atoms with E-state index in [9.17, 15) is 14.9 Å². The molecular formula is C20H19N3O3. The number of hydrogen-bond donors (Lipinski definition) is 3. The molecule has 0 saturated heterocycles. The highest BCUT2D eigenvalue weighted by Crippen LogP contribution is 2.21. The average Bonchev–Trinajstić information content (AvgIpc) is 2.64. The minimum atomic E-state index is -1.05. The summed E-state index contributed by atoms with van der Waals surface area (Å²) in [6.45, 7) is 3.88. The Hall–Kier alpha value is -3.59. The lowest BCUT2D eigenvalue weighted by molar-refractivity contribution is -0.112. The highest BCUT2D eigenvalue weighted by atomic mass is 16.4. The molecule has 0 spiro atoms. The van der Waals surface area contributed by atoms with E-state index in [0.717, 1.165) is 17.5 Å². The molecule has 0 unspecified atom stereocenters. The van der Waals surface area contributed by atoms with Crippen LogP contribution in [0.25, 0.3) is 0 Å². The Morgan fingerprint density at radius 2 is 1.96 bits per heavy atom. The van der Waals surface area contributed by atoms with Crippen LogP contribution in [0.3, 0.4) is 0 Å². The van der Waals surface area contributed by atoms with Crippen LogP contribution in [0.15, 0.2) is 54.2 Å². The van der Waals surface area contributed by atoms with E-state index >= 15 is 0 Å². The number of carbonyl (C=O) groups excluding carboxylic acids is 1. The maximum Gasteiger partial charge on any atom is 0.335 e. The van der Waals surface area contributed by atoms with Crippen molar-refractivity contribution in [1.29, 1.82) is 5.26 Å². The Morgan fingerprint density at radius 3 is 2.62 bits per heavy atom. The van der Waals surface area contributed by atoms with Crippen molar-refractivity contribution >= 4 is 23.3 Å². The fourth-order valence-corrected chi connectivity index (χ4v) is 2.43. The Labute approximate surface area is 151 Å². The van der Waals surface area contributed by atoms with Crippen molar-refractivity contribution in [2.45, 2.75) is 20.3 Å². The molecular weight excluding hydrogens is 330 g/mol. The summed E-state index contributed by atoms with van der Waals surface area (Å²) in [4.78, 5) is 23.4. The second-order valence-corrected chi connectivity index (χ2v) is 5.62. The Balaban J connectivity index is 2.19. The van der Waals surface area contributed by atoms with Gasteiger partial charge in [0.05, 0.1) is 5.56 Å². The molecule has 1 amide bonds. The molecule has 0 fully saturated rings. The third-order valence-electron chi connectivity index (χ3n) is 3.84. The van der Waals surface area contributed by atoms with Crippen molar-refractivity contribution in [1.82, 2.24) is 0 Å². The molecule has 0 aromatic heterocycles. The molecule has 0 atom stereocenters. The van der Waals surface area contributed by atoms with Gasteiger partial charge in [-0.2, -0.15) is 5.26 Å². The van der Waals surface area contributed by atoms with Gasteiger partial charge in [-0.1, -0.05) is 31.2 Å². The van der Waals surface area contributed by atoms with Gasteiger partial charge < -0.3 is 15.7 Å². The highest BCUT2D eigenvalue weighted by Gasteiger charge is 2.13. The van der Waals surface area contributed by atoms with Gasteiger partial charge in [-0.05, 0) is 42.7 Å². The number of rotatable bonds is 6. The first-order valence-corrected chi connectivity index (χ1v) is 8.06. The topological polar surface area (TPSA) is 102 Å². The minimum absolute atomic E-state index is 0.110. The lowest BCUT2D eigenvalue weighted by atomic mass is 10.1. The van der Waals surface area contributed by atoms with Gasteiger partial charge in [-0.15, -0.1) is 0 Å². The number of carboxylic acids is 1. The number of carbonyl (C=O) groups is 2. The smallest absolute Gasteiger partial charge is 0.335 e. The fraction of sp³-hybridized carbons (Fsp3) is 0.150. The first-order valence-electron chi connectivity index (χ1n) is 8.06. The van der Waals surface area contributed by atoms with Crippen LogP contribution in [0.1, 0.15) is 28.4 Å². The summed E-state index contributed by atoms with van der Waals surface area (Å²) in [6.07, 6.45) is 2.02. The number of nitrogens with one attached hydrogen (secondary N) is 2. The third-order valence-corrected chi connectivity index (χ3v) is 3.84. The molecule has 2 rings (SSSR count). The average molecular weight is 349 g/mol. The Bertz CT molecular complexity index is 911. The summed E-state index contributed by atoms with van der Waals surface area (Å²) in [6, 6.07) is 13.7. The maximum absolute atomic E-state index is 12.4. The maximum atomic E-state index is 12.4. The van der Waals surface area contributed by atoms with Gasteiger partial charge in [0.1, 0.15) is 11.6 Å². The van der Waals surface area contributed by atoms with Crippen LogP contribution in [0.5, 0.6) is 0 Å². The van der Waals surface area contributed by atoms with Crippen LogP contribution in [-0.2, 0) is 11.2 Å². The zero-order chi connectivity index (χ0) is 19.1. The molecule has 0 aliphatic carbocycles. The molecule has 0 radical (unpaired) electrons. The Morgan fingerprint density at radius 1 is 1.23 bits per heavy atom. The van der Waals surface area contributed by atoms with Crippen LogP contribution in [-0.4, -0.2) is 17.0 Å². The number of nitrogens with zero attached hydrogens (tertiary/aromatic N) is 1. The minimum Gasteiger partial charge on any atom is -0.478 e. The van der Waals surface area contributed by atoms with Gasteiger partial charge >= 0.3 is 5.97 Å². The lowest BCUT2D eigenvalue weighted by Crippen LogP contribution is -2.16. The van der Waals surface area contributed by atoms with Crippen LogP contribution in [0.4, 0.5) is 11.4 Å². The Kier molecular flexibility index (Phi) is 6.12. The van der Waals surface area contributed by atoms with E-state index in [1.54, 1.807) is 12.1 Å². The van der Waals surface area contributed by atoms with Gasteiger partial charge in [-0.3, -0.25) is 4.79 Å². The van der Waals surface area contributed by atoms with Crippen LogP contribution in [0, 0.1) is 18.3 Å². The van der Waals surface area contributed by atoms with E-state index in [0.29, 0.717) is 11.4 Å². The molecule has 0 aliphatic heterocycles. The monoisotopic (exact) mass is 349 g/mol. The first kappa shape index (κ1) is 18.7. The van der Waals surface area contributed by atoms with E-state index < -0.39 is 11.9 Å². The van der Waals surface area contributed by atoms with Crippen molar-refractivity contribution in [3.05, 3.63) is 70.9 Å². The molecule has 6 heteroatoms. The number of benzene rings is 2. The number of nitriles is 1. The summed E-state index contributed by atoms with van der Waals surface area (Å²) in [5.41, 5.74) is 3.06. The normalized spacial score (nSPS) is 10.7. The van der Waals surface area contributed by atoms with E-state index in [-0.39, 0.29) is 11.1 Å². The number of aromatic carboxylic acids is 1. The molecule has 132 valence electrons. The van der Waals surface area contributed by atoms with Crippen LogP contribution >= 0.6 is 0 Å². The van der Waals surface area contributed by atoms with E-state index in [4.69, 9.17) is 5.11 Å². The van der Waals surface area contributed by atoms with Gasteiger partial charge in [0.2, 0.25) is 0 Å². The largest absolute Gasteiger partial charge is 0.478 e. The second kappa shape index (κ2) is 8.49. The van der Waals surface area contributed by atoms with Crippen molar-refractivity contribution < 1.29 is 14.7 Å². The number of para-hydroxylation sites is 1. The van der Waals surface area contributed by atoms with Gasteiger partial charge in [0.15, 0.2) is 0 Å². The summed E-state index contributed by atoms with van der Waals surface area (Å²) < 4.78 is 0.